The van der Waals surface area contributed by atoms with Crippen LogP contribution in [0.25, 0.3) is 0 Å². The molecule has 1 aliphatic rings. The summed E-state index contributed by atoms with van der Waals surface area (Å²) in [5, 5.41) is 6.34. The van der Waals surface area contributed by atoms with E-state index in [-0.39, 0.29) is 5.91 Å². The fourth-order valence-electron chi connectivity index (χ4n) is 2.93. The molecule has 1 amide bonds. The quantitative estimate of drug-likeness (QED) is 0.863. The molecule has 3 nitrogen and oxygen atoms in total. The van der Waals surface area contributed by atoms with E-state index in [1.807, 2.05) is 31.2 Å². The van der Waals surface area contributed by atoms with Crippen LogP contribution in [0.4, 0.5) is 5.69 Å². The van der Waals surface area contributed by atoms with Crippen molar-refractivity contribution in [1.29, 1.82) is 0 Å². The van der Waals surface area contributed by atoms with E-state index in [0.29, 0.717) is 12.6 Å². The third-order valence-electron chi connectivity index (χ3n) is 4.25. The van der Waals surface area contributed by atoms with Gasteiger partial charge in [-0.3, -0.25) is 4.79 Å². The molecule has 2 unspecified atom stereocenters. The second-order valence-corrected chi connectivity index (χ2v) is 5.93. The van der Waals surface area contributed by atoms with Crippen molar-refractivity contribution in [2.75, 3.05) is 11.9 Å². The molecule has 1 saturated carbocycles. The first-order valence-corrected chi connectivity index (χ1v) is 7.77. The monoisotopic (exact) mass is 274 g/mol. The highest BCUT2D eigenvalue weighted by molar-refractivity contribution is 5.92. The number of hydrogen-bond acceptors (Lipinski definition) is 2. The van der Waals surface area contributed by atoms with Gasteiger partial charge in [0.25, 0.3) is 0 Å². The molecule has 0 heterocycles. The van der Waals surface area contributed by atoms with Gasteiger partial charge in [-0.05, 0) is 37.8 Å². The van der Waals surface area contributed by atoms with E-state index in [9.17, 15) is 4.79 Å². The van der Waals surface area contributed by atoms with Crippen LogP contribution in [-0.2, 0) is 4.79 Å². The summed E-state index contributed by atoms with van der Waals surface area (Å²) in [6.07, 6.45) is 6.32. The lowest BCUT2D eigenvalue weighted by molar-refractivity contribution is -0.115. The molecular formula is C17H26N2O. The average molecular weight is 274 g/mol. The molecule has 2 rings (SSSR count). The van der Waals surface area contributed by atoms with Crippen LogP contribution in [0.5, 0.6) is 0 Å². The van der Waals surface area contributed by atoms with Gasteiger partial charge in [0, 0.05) is 11.7 Å². The number of anilines is 1. The van der Waals surface area contributed by atoms with Crippen LogP contribution in [0.15, 0.2) is 24.3 Å². The van der Waals surface area contributed by atoms with Crippen molar-refractivity contribution >= 4 is 11.6 Å². The average Bonchev–Trinajstić information content (AvgIpc) is 2.48. The van der Waals surface area contributed by atoms with Gasteiger partial charge in [-0.25, -0.2) is 0 Å². The van der Waals surface area contributed by atoms with Crippen molar-refractivity contribution in [2.24, 2.45) is 5.92 Å². The minimum Gasteiger partial charge on any atom is -0.325 e. The number of amides is 1. The van der Waals surface area contributed by atoms with E-state index in [0.717, 1.165) is 11.6 Å². The summed E-state index contributed by atoms with van der Waals surface area (Å²) in [5.74, 6) is 0.883. The number of carbonyl (C=O) groups is 1. The number of aryl methyl sites for hydroxylation is 1. The fraction of sp³-hybridized carbons (Fsp3) is 0.588. The number of nitrogens with one attached hydrogen (secondary N) is 2. The number of rotatable bonds is 5. The lowest BCUT2D eigenvalue weighted by Crippen LogP contribution is -2.39. The Hall–Kier alpha value is -1.35. The van der Waals surface area contributed by atoms with Gasteiger partial charge in [0.1, 0.15) is 0 Å². The number of carbonyl (C=O) groups excluding carboxylic acids is 1. The van der Waals surface area contributed by atoms with E-state index in [1.165, 1.54) is 37.7 Å². The van der Waals surface area contributed by atoms with E-state index in [4.69, 9.17) is 0 Å². The maximum absolute atomic E-state index is 11.9. The molecule has 2 N–H and O–H groups in total. The van der Waals surface area contributed by atoms with Gasteiger partial charge in [-0.2, -0.15) is 0 Å². The Morgan fingerprint density at radius 3 is 2.70 bits per heavy atom. The largest absolute Gasteiger partial charge is 0.325 e. The zero-order valence-corrected chi connectivity index (χ0v) is 12.6. The Balaban J connectivity index is 1.73. The molecule has 20 heavy (non-hydrogen) atoms. The van der Waals surface area contributed by atoms with Gasteiger partial charge < -0.3 is 10.6 Å². The first-order valence-electron chi connectivity index (χ1n) is 7.77. The molecule has 0 saturated heterocycles. The second-order valence-electron chi connectivity index (χ2n) is 5.93. The van der Waals surface area contributed by atoms with Crippen LogP contribution in [0, 0.1) is 12.8 Å². The molecular weight excluding hydrogens is 248 g/mol. The Labute approximate surface area is 122 Å². The summed E-state index contributed by atoms with van der Waals surface area (Å²) in [4.78, 5) is 11.9. The highest BCUT2D eigenvalue weighted by atomic mass is 16.1. The van der Waals surface area contributed by atoms with Crippen molar-refractivity contribution in [2.45, 2.75) is 52.0 Å². The van der Waals surface area contributed by atoms with Crippen molar-refractivity contribution in [3.8, 4) is 0 Å². The normalized spacial score (nSPS) is 22.5. The predicted octanol–water partition coefficient (Wildman–Crippen LogP) is 3.49. The Kier molecular flexibility index (Phi) is 5.60. The Morgan fingerprint density at radius 2 is 2.00 bits per heavy atom. The highest BCUT2D eigenvalue weighted by Crippen LogP contribution is 2.26. The van der Waals surface area contributed by atoms with Crippen LogP contribution < -0.4 is 10.6 Å². The van der Waals surface area contributed by atoms with Gasteiger partial charge in [-0.1, -0.05) is 43.9 Å². The predicted molar refractivity (Wildman–Crippen MR) is 83.8 cm³/mol. The summed E-state index contributed by atoms with van der Waals surface area (Å²) < 4.78 is 0. The van der Waals surface area contributed by atoms with Crippen molar-refractivity contribution in [3.05, 3.63) is 29.8 Å². The zero-order valence-electron chi connectivity index (χ0n) is 12.6. The van der Waals surface area contributed by atoms with Crippen molar-refractivity contribution in [1.82, 2.24) is 5.32 Å². The molecule has 0 spiro atoms. The van der Waals surface area contributed by atoms with Crippen LogP contribution in [0.3, 0.4) is 0 Å². The molecule has 110 valence electrons. The molecule has 0 bridgehead atoms. The second kappa shape index (κ2) is 7.44. The first kappa shape index (κ1) is 15.0. The van der Waals surface area contributed by atoms with Crippen LogP contribution in [0.1, 0.15) is 44.6 Å². The lowest BCUT2D eigenvalue weighted by Gasteiger charge is -2.29. The van der Waals surface area contributed by atoms with E-state index in [2.05, 4.69) is 17.6 Å². The van der Waals surface area contributed by atoms with Gasteiger partial charge >= 0.3 is 0 Å². The third kappa shape index (κ3) is 4.64. The summed E-state index contributed by atoms with van der Waals surface area (Å²) in [6.45, 7) is 4.71. The number of benzene rings is 1. The molecule has 1 fully saturated rings. The molecule has 1 aliphatic carbocycles. The minimum absolute atomic E-state index is 0.0486. The Bertz CT molecular complexity index is 427. The van der Waals surface area contributed by atoms with Gasteiger partial charge in [-0.15, -0.1) is 0 Å². The summed E-state index contributed by atoms with van der Waals surface area (Å²) in [6, 6.07) is 8.42. The zero-order chi connectivity index (χ0) is 14.4. The maximum atomic E-state index is 11.9. The molecule has 1 aromatic carbocycles. The molecule has 0 aliphatic heterocycles. The van der Waals surface area contributed by atoms with Crippen LogP contribution >= 0.6 is 0 Å². The van der Waals surface area contributed by atoms with Crippen LogP contribution in [0.2, 0.25) is 0 Å². The fourth-order valence-corrected chi connectivity index (χ4v) is 2.93. The SMILES string of the molecule is CCC1CCCC(NCC(=O)Nc2ccc(C)cc2)C1. The summed E-state index contributed by atoms with van der Waals surface area (Å²) >= 11 is 0. The smallest absolute Gasteiger partial charge is 0.238 e. The Morgan fingerprint density at radius 1 is 1.25 bits per heavy atom. The number of hydrogen-bond donors (Lipinski definition) is 2. The van der Waals surface area contributed by atoms with E-state index < -0.39 is 0 Å². The van der Waals surface area contributed by atoms with Gasteiger partial charge in [0.2, 0.25) is 5.91 Å². The molecule has 1 aromatic rings. The molecule has 3 heteroatoms. The van der Waals surface area contributed by atoms with Crippen molar-refractivity contribution in [3.63, 3.8) is 0 Å². The molecule has 0 aromatic heterocycles. The standard InChI is InChI=1S/C17H26N2O/c1-3-14-5-4-6-16(11-14)18-12-17(20)19-15-9-7-13(2)8-10-15/h7-10,14,16,18H,3-6,11-12H2,1-2H3,(H,19,20). The third-order valence-corrected chi connectivity index (χ3v) is 4.25. The van der Waals surface area contributed by atoms with Crippen molar-refractivity contribution < 1.29 is 4.79 Å². The van der Waals surface area contributed by atoms with Gasteiger partial charge in [0.05, 0.1) is 6.54 Å². The van der Waals surface area contributed by atoms with Crippen LogP contribution in [-0.4, -0.2) is 18.5 Å². The molecule has 2 atom stereocenters. The van der Waals surface area contributed by atoms with E-state index >= 15 is 0 Å². The summed E-state index contributed by atoms with van der Waals surface area (Å²) in [5.41, 5.74) is 2.08. The summed E-state index contributed by atoms with van der Waals surface area (Å²) in [7, 11) is 0. The topological polar surface area (TPSA) is 41.1 Å². The maximum Gasteiger partial charge on any atom is 0.238 e. The van der Waals surface area contributed by atoms with E-state index in [1.54, 1.807) is 0 Å². The first-order chi connectivity index (χ1) is 9.67. The molecule has 0 radical (unpaired) electrons. The van der Waals surface area contributed by atoms with Gasteiger partial charge in [0.15, 0.2) is 0 Å². The highest BCUT2D eigenvalue weighted by Gasteiger charge is 2.20. The lowest BCUT2D eigenvalue weighted by atomic mass is 9.84. The minimum atomic E-state index is 0.0486.